The van der Waals surface area contributed by atoms with Crippen LogP contribution in [0.5, 0.6) is 5.75 Å². The van der Waals surface area contributed by atoms with Crippen molar-refractivity contribution in [1.29, 1.82) is 0 Å². The van der Waals surface area contributed by atoms with Crippen LogP contribution in [0, 0.1) is 12.7 Å². The quantitative estimate of drug-likeness (QED) is 0.857. The Kier molecular flexibility index (Phi) is 5.15. The monoisotopic (exact) mass is 293 g/mol. The summed E-state index contributed by atoms with van der Waals surface area (Å²) in [7, 11) is 1.58. The zero-order valence-corrected chi connectivity index (χ0v) is 12.9. The summed E-state index contributed by atoms with van der Waals surface area (Å²) in [4.78, 5) is 1.14. The summed E-state index contributed by atoms with van der Waals surface area (Å²) in [5, 5.41) is 5.48. The van der Waals surface area contributed by atoms with E-state index in [0.29, 0.717) is 11.3 Å². The average Bonchev–Trinajstić information content (AvgIpc) is 2.87. The van der Waals surface area contributed by atoms with Crippen LogP contribution >= 0.6 is 11.3 Å². The maximum Gasteiger partial charge on any atom is 0.132 e. The molecule has 0 aliphatic carbocycles. The van der Waals surface area contributed by atoms with Crippen LogP contribution < -0.4 is 10.1 Å². The molecule has 1 aromatic heterocycles. The van der Waals surface area contributed by atoms with Gasteiger partial charge >= 0.3 is 0 Å². The molecule has 0 saturated heterocycles. The molecule has 1 heterocycles. The fourth-order valence-electron chi connectivity index (χ4n) is 2.27. The Hall–Kier alpha value is -1.39. The first-order valence-electron chi connectivity index (χ1n) is 6.78. The van der Waals surface area contributed by atoms with Crippen LogP contribution in [0.4, 0.5) is 4.39 Å². The largest absolute Gasteiger partial charge is 0.496 e. The van der Waals surface area contributed by atoms with Gasteiger partial charge in [-0.15, -0.1) is 11.3 Å². The van der Waals surface area contributed by atoms with Crippen LogP contribution in [0.2, 0.25) is 0 Å². The molecular weight excluding hydrogens is 273 g/mol. The summed E-state index contributed by atoms with van der Waals surface area (Å²) in [6, 6.07) is 6.87. The Bertz CT molecular complexity index is 567. The lowest BCUT2D eigenvalue weighted by Crippen LogP contribution is -2.24. The standard InChI is InChI=1S/C16H20FNOS/c1-4-9-18-15(16-11(2)8-10-20-16)14-12(17)6-5-7-13(14)19-3/h5-8,10,15,18H,4,9H2,1-3H3. The first kappa shape index (κ1) is 15.0. The summed E-state index contributed by atoms with van der Waals surface area (Å²) in [5.74, 6) is 0.358. The Morgan fingerprint density at radius 3 is 2.75 bits per heavy atom. The Labute approximate surface area is 123 Å². The van der Waals surface area contributed by atoms with E-state index >= 15 is 0 Å². The van der Waals surface area contributed by atoms with E-state index in [2.05, 4.69) is 25.2 Å². The number of hydrogen-bond acceptors (Lipinski definition) is 3. The minimum atomic E-state index is -0.231. The molecule has 0 fully saturated rings. The molecule has 1 unspecified atom stereocenters. The van der Waals surface area contributed by atoms with Gasteiger partial charge in [0.25, 0.3) is 0 Å². The molecule has 108 valence electrons. The van der Waals surface area contributed by atoms with Crippen LogP contribution in [0.3, 0.4) is 0 Å². The lowest BCUT2D eigenvalue weighted by atomic mass is 10.0. The molecule has 4 heteroatoms. The van der Waals surface area contributed by atoms with Crippen LogP contribution in [0.25, 0.3) is 0 Å². The molecular formula is C16H20FNOS. The smallest absolute Gasteiger partial charge is 0.132 e. The lowest BCUT2D eigenvalue weighted by Gasteiger charge is -2.21. The molecule has 1 aromatic carbocycles. The molecule has 20 heavy (non-hydrogen) atoms. The SMILES string of the molecule is CCCNC(c1sccc1C)c1c(F)cccc1OC. The maximum atomic E-state index is 14.3. The van der Waals surface area contributed by atoms with Gasteiger partial charge in [-0.3, -0.25) is 0 Å². The van der Waals surface area contributed by atoms with Crippen LogP contribution in [0.1, 0.15) is 35.4 Å². The third kappa shape index (κ3) is 3.02. The van der Waals surface area contributed by atoms with Crippen molar-refractivity contribution in [2.24, 2.45) is 0 Å². The zero-order valence-electron chi connectivity index (χ0n) is 12.1. The van der Waals surface area contributed by atoms with E-state index in [1.165, 1.54) is 11.6 Å². The molecule has 2 rings (SSSR count). The van der Waals surface area contributed by atoms with Crippen molar-refractivity contribution in [2.45, 2.75) is 26.3 Å². The molecule has 0 spiro atoms. The summed E-state index contributed by atoms with van der Waals surface area (Å²) >= 11 is 1.65. The lowest BCUT2D eigenvalue weighted by molar-refractivity contribution is 0.397. The Morgan fingerprint density at radius 1 is 1.35 bits per heavy atom. The molecule has 2 aromatic rings. The van der Waals surface area contributed by atoms with Gasteiger partial charge in [0.05, 0.1) is 18.7 Å². The number of aryl methyl sites for hydroxylation is 1. The average molecular weight is 293 g/mol. The van der Waals surface area contributed by atoms with Gasteiger partial charge in [0.2, 0.25) is 0 Å². The van der Waals surface area contributed by atoms with Gasteiger partial charge < -0.3 is 10.1 Å². The fourth-order valence-corrected chi connectivity index (χ4v) is 3.28. The van der Waals surface area contributed by atoms with Gasteiger partial charge in [-0.05, 0) is 49.0 Å². The number of hydrogen-bond donors (Lipinski definition) is 1. The third-order valence-corrected chi connectivity index (χ3v) is 4.37. The molecule has 2 nitrogen and oxygen atoms in total. The molecule has 0 aliphatic heterocycles. The van der Waals surface area contributed by atoms with Crippen molar-refractivity contribution in [1.82, 2.24) is 5.32 Å². The number of ether oxygens (including phenoxy) is 1. The number of benzene rings is 1. The number of nitrogens with one attached hydrogen (secondary N) is 1. The highest BCUT2D eigenvalue weighted by Gasteiger charge is 2.23. The van der Waals surface area contributed by atoms with E-state index in [1.807, 2.05) is 11.4 Å². The summed E-state index contributed by atoms with van der Waals surface area (Å²) in [5.41, 5.74) is 1.77. The van der Waals surface area contributed by atoms with E-state index < -0.39 is 0 Å². The first-order valence-corrected chi connectivity index (χ1v) is 7.66. The molecule has 0 bridgehead atoms. The minimum Gasteiger partial charge on any atom is -0.496 e. The van der Waals surface area contributed by atoms with E-state index in [9.17, 15) is 4.39 Å². The predicted molar refractivity (Wildman–Crippen MR) is 82.1 cm³/mol. The second-order valence-corrected chi connectivity index (χ2v) is 5.66. The molecule has 1 atom stereocenters. The van der Waals surface area contributed by atoms with Crippen molar-refractivity contribution < 1.29 is 9.13 Å². The normalized spacial score (nSPS) is 12.4. The number of rotatable bonds is 6. The van der Waals surface area contributed by atoms with Gasteiger partial charge in [0.15, 0.2) is 0 Å². The maximum absolute atomic E-state index is 14.3. The molecule has 0 aliphatic rings. The summed E-state index contributed by atoms with van der Waals surface area (Å²) in [6.45, 7) is 4.99. The second-order valence-electron chi connectivity index (χ2n) is 4.71. The minimum absolute atomic E-state index is 0.161. The first-order chi connectivity index (χ1) is 9.69. The van der Waals surface area contributed by atoms with Gasteiger partial charge in [-0.2, -0.15) is 0 Å². The highest BCUT2D eigenvalue weighted by molar-refractivity contribution is 7.10. The summed E-state index contributed by atoms with van der Waals surface area (Å²) in [6.07, 6.45) is 0.998. The van der Waals surface area contributed by atoms with Gasteiger partial charge in [0.1, 0.15) is 11.6 Å². The highest BCUT2D eigenvalue weighted by atomic mass is 32.1. The van der Waals surface area contributed by atoms with Crippen LogP contribution in [-0.2, 0) is 0 Å². The fraction of sp³-hybridized carbons (Fsp3) is 0.375. The van der Waals surface area contributed by atoms with Gasteiger partial charge in [-0.1, -0.05) is 13.0 Å². The van der Waals surface area contributed by atoms with Crippen molar-refractivity contribution in [3.05, 3.63) is 51.5 Å². The van der Waals surface area contributed by atoms with Gasteiger partial charge in [0, 0.05) is 4.88 Å². The van der Waals surface area contributed by atoms with Crippen molar-refractivity contribution >= 4 is 11.3 Å². The molecule has 1 N–H and O–H groups in total. The van der Waals surface area contributed by atoms with Crippen LogP contribution in [-0.4, -0.2) is 13.7 Å². The van der Waals surface area contributed by atoms with Gasteiger partial charge in [-0.25, -0.2) is 4.39 Å². The topological polar surface area (TPSA) is 21.3 Å². The highest BCUT2D eigenvalue weighted by Crippen LogP contribution is 2.36. The third-order valence-electron chi connectivity index (χ3n) is 3.28. The Balaban J connectivity index is 2.49. The van der Waals surface area contributed by atoms with Crippen molar-refractivity contribution in [2.75, 3.05) is 13.7 Å². The molecule has 0 amide bonds. The zero-order chi connectivity index (χ0) is 14.5. The molecule has 0 radical (unpaired) electrons. The van der Waals surface area contributed by atoms with E-state index in [1.54, 1.807) is 24.5 Å². The van der Waals surface area contributed by atoms with E-state index in [4.69, 9.17) is 4.74 Å². The van der Waals surface area contributed by atoms with Crippen molar-refractivity contribution in [3.63, 3.8) is 0 Å². The van der Waals surface area contributed by atoms with E-state index in [-0.39, 0.29) is 11.9 Å². The predicted octanol–water partition coefficient (Wildman–Crippen LogP) is 4.29. The summed E-state index contributed by atoms with van der Waals surface area (Å²) < 4.78 is 19.7. The Morgan fingerprint density at radius 2 is 2.15 bits per heavy atom. The number of halogens is 1. The van der Waals surface area contributed by atoms with Crippen LogP contribution in [0.15, 0.2) is 29.6 Å². The number of methoxy groups -OCH3 is 1. The van der Waals surface area contributed by atoms with Crippen molar-refractivity contribution in [3.8, 4) is 5.75 Å². The molecule has 0 saturated carbocycles. The second kappa shape index (κ2) is 6.86. The number of thiophene rings is 1. The van der Waals surface area contributed by atoms with E-state index in [0.717, 1.165) is 17.8 Å².